The zero-order valence-corrected chi connectivity index (χ0v) is 17.5. The number of aromatic nitrogens is 1. The Morgan fingerprint density at radius 1 is 1.10 bits per heavy atom. The number of amides is 1. The maximum Gasteiger partial charge on any atom is 0.273 e. The standard InChI is InChI=1S/C24H21N3O2S/c1-17-8-7-9-18(14-17)15-21-23(29)27(19-10-3-2-4-11-19)24(30-21)20(16-25)22(28)26-12-5-6-13-26/h2-4,7-11,14-15H,5-6,12-13H2,1H3/b21-15-,24-20-. The van der Waals surface area contributed by atoms with E-state index in [1.807, 2.05) is 67.6 Å². The molecule has 1 fully saturated rings. The molecule has 3 aromatic rings. The van der Waals surface area contributed by atoms with E-state index in [0.717, 1.165) is 24.0 Å². The van der Waals surface area contributed by atoms with Gasteiger partial charge in [-0.2, -0.15) is 5.26 Å². The van der Waals surface area contributed by atoms with Crippen LogP contribution in [0.5, 0.6) is 0 Å². The first-order valence-corrected chi connectivity index (χ1v) is 10.7. The number of carbonyl (C=O) groups is 1. The van der Waals surface area contributed by atoms with Crippen LogP contribution in [0.4, 0.5) is 0 Å². The van der Waals surface area contributed by atoms with Gasteiger partial charge in [0.2, 0.25) is 0 Å². The van der Waals surface area contributed by atoms with Gasteiger partial charge in [-0.25, -0.2) is 0 Å². The molecule has 0 radical (unpaired) electrons. The number of thiazole rings is 1. The van der Waals surface area contributed by atoms with Crippen LogP contribution in [0.1, 0.15) is 24.0 Å². The van der Waals surface area contributed by atoms with E-state index >= 15 is 0 Å². The highest BCUT2D eigenvalue weighted by Crippen LogP contribution is 2.12. The van der Waals surface area contributed by atoms with Crippen LogP contribution in [0.2, 0.25) is 0 Å². The number of benzene rings is 2. The van der Waals surface area contributed by atoms with Gasteiger partial charge in [-0.1, -0.05) is 48.0 Å². The molecule has 0 spiro atoms. The first-order valence-electron chi connectivity index (χ1n) is 9.88. The van der Waals surface area contributed by atoms with E-state index in [0.29, 0.717) is 28.0 Å². The van der Waals surface area contributed by atoms with Gasteiger partial charge in [0.15, 0.2) is 5.57 Å². The molecule has 150 valence electrons. The molecule has 0 N–H and O–H groups in total. The Kier molecular flexibility index (Phi) is 5.64. The molecule has 0 aliphatic carbocycles. The van der Waals surface area contributed by atoms with E-state index in [2.05, 4.69) is 6.07 Å². The van der Waals surface area contributed by atoms with E-state index in [-0.39, 0.29) is 17.0 Å². The van der Waals surface area contributed by atoms with Crippen molar-refractivity contribution in [3.63, 3.8) is 0 Å². The lowest BCUT2D eigenvalue weighted by atomic mass is 10.1. The molecule has 1 aromatic heterocycles. The predicted molar refractivity (Wildman–Crippen MR) is 119 cm³/mol. The molecule has 0 saturated carbocycles. The SMILES string of the molecule is Cc1cccc(/C=c2\s/c(=C(/C#N)C(=O)N3CCCC3)n(-c3ccccc3)c2=O)c1. The minimum Gasteiger partial charge on any atom is -0.338 e. The summed E-state index contributed by atoms with van der Waals surface area (Å²) in [5, 5.41) is 9.85. The number of aryl methyl sites for hydroxylation is 1. The zero-order valence-electron chi connectivity index (χ0n) is 16.7. The minimum atomic E-state index is -0.303. The monoisotopic (exact) mass is 415 g/mol. The van der Waals surface area contributed by atoms with E-state index in [1.54, 1.807) is 4.90 Å². The van der Waals surface area contributed by atoms with E-state index in [9.17, 15) is 14.9 Å². The van der Waals surface area contributed by atoms with Gasteiger partial charge < -0.3 is 4.90 Å². The Balaban J connectivity index is 2.01. The Morgan fingerprint density at radius 2 is 1.83 bits per heavy atom. The number of para-hydroxylation sites is 1. The minimum absolute atomic E-state index is 0.0201. The molecule has 1 saturated heterocycles. The summed E-state index contributed by atoms with van der Waals surface area (Å²) in [6.45, 7) is 3.29. The number of nitriles is 1. The van der Waals surface area contributed by atoms with Crippen LogP contribution in [0.15, 0.2) is 59.4 Å². The van der Waals surface area contributed by atoms with Gasteiger partial charge in [0.05, 0.1) is 10.2 Å². The lowest BCUT2D eigenvalue weighted by molar-refractivity contribution is -0.123. The Morgan fingerprint density at radius 3 is 2.50 bits per heavy atom. The fourth-order valence-corrected chi connectivity index (χ4v) is 4.73. The zero-order chi connectivity index (χ0) is 21.1. The van der Waals surface area contributed by atoms with Crippen molar-refractivity contribution >= 4 is 28.9 Å². The van der Waals surface area contributed by atoms with Crippen LogP contribution in [-0.2, 0) is 4.79 Å². The van der Waals surface area contributed by atoms with Crippen LogP contribution in [-0.4, -0.2) is 28.5 Å². The fraction of sp³-hybridized carbons (Fsp3) is 0.208. The molecule has 5 nitrogen and oxygen atoms in total. The van der Waals surface area contributed by atoms with Gasteiger partial charge in [-0.3, -0.25) is 14.2 Å². The van der Waals surface area contributed by atoms with E-state index < -0.39 is 0 Å². The molecule has 1 aliphatic rings. The normalized spacial score (nSPS) is 15.2. The lowest BCUT2D eigenvalue weighted by Gasteiger charge is -2.14. The predicted octanol–water partition coefficient (Wildman–Crippen LogP) is 2.33. The third kappa shape index (κ3) is 3.85. The lowest BCUT2D eigenvalue weighted by Crippen LogP contribution is -2.35. The second-order valence-electron chi connectivity index (χ2n) is 7.29. The van der Waals surface area contributed by atoms with Crippen molar-refractivity contribution < 1.29 is 4.79 Å². The Bertz CT molecular complexity index is 1310. The molecular formula is C24H21N3O2S. The van der Waals surface area contributed by atoms with Gasteiger partial charge >= 0.3 is 0 Å². The van der Waals surface area contributed by atoms with E-state index in [4.69, 9.17) is 0 Å². The van der Waals surface area contributed by atoms with Crippen molar-refractivity contribution in [2.45, 2.75) is 19.8 Å². The first kappa shape index (κ1) is 19.9. The fourth-order valence-electron chi connectivity index (χ4n) is 3.64. The summed E-state index contributed by atoms with van der Waals surface area (Å²) in [5.41, 5.74) is 2.43. The topological polar surface area (TPSA) is 66.1 Å². The molecular weight excluding hydrogens is 394 g/mol. The maximum absolute atomic E-state index is 13.3. The number of nitrogens with zero attached hydrogens (tertiary/aromatic N) is 3. The summed E-state index contributed by atoms with van der Waals surface area (Å²) >= 11 is 1.19. The second-order valence-corrected chi connectivity index (χ2v) is 8.32. The van der Waals surface area contributed by atoms with Gasteiger partial charge in [0, 0.05) is 13.1 Å². The molecule has 0 unspecified atom stereocenters. The average Bonchev–Trinajstić information content (AvgIpc) is 3.39. The molecule has 2 heterocycles. The van der Waals surface area contributed by atoms with Crippen LogP contribution in [0.3, 0.4) is 0 Å². The highest BCUT2D eigenvalue weighted by molar-refractivity contribution is 7.07. The van der Waals surface area contributed by atoms with Crippen molar-refractivity contribution in [1.29, 1.82) is 5.26 Å². The average molecular weight is 416 g/mol. The van der Waals surface area contributed by atoms with Crippen molar-refractivity contribution in [3.05, 3.63) is 85.3 Å². The van der Waals surface area contributed by atoms with E-state index in [1.165, 1.54) is 15.9 Å². The molecule has 30 heavy (non-hydrogen) atoms. The highest BCUT2D eigenvalue weighted by atomic mass is 32.1. The number of likely N-dealkylation sites (tertiary alicyclic amines) is 1. The van der Waals surface area contributed by atoms with Gasteiger partial charge in [-0.05, 0) is 43.5 Å². The summed E-state index contributed by atoms with van der Waals surface area (Å²) in [6.07, 6.45) is 3.69. The smallest absolute Gasteiger partial charge is 0.273 e. The quantitative estimate of drug-likeness (QED) is 0.660. The molecule has 0 atom stereocenters. The second kappa shape index (κ2) is 8.52. The van der Waals surface area contributed by atoms with Crippen molar-refractivity contribution in [2.24, 2.45) is 0 Å². The van der Waals surface area contributed by atoms with Crippen LogP contribution < -0.4 is 14.8 Å². The molecule has 6 heteroatoms. The van der Waals surface area contributed by atoms with Crippen molar-refractivity contribution in [1.82, 2.24) is 9.47 Å². The molecule has 4 rings (SSSR count). The Labute approximate surface area is 178 Å². The summed E-state index contributed by atoms with van der Waals surface area (Å²) < 4.78 is 2.35. The molecule has 2 aromatic carbocycles. The Hall–Kier alpha value is -3.43. The van der Waals surface area contributed by atoms with Gasteiger partial charge in [0.25, 0.3) is 11.5 Å². The summed E-state index contributed by atoms with van der Waals surface area (Å²) in [5.74, 6) is -0.303. The number of carbonyl (C=O) groups excluding carboxylic acids is 1. The summed E-state index contributed by atoms with van der Waals surface area (Å²) in [7, 11) is 0. The van der Waals surface area contributed by atoms with Crippen LogP contribution in [0.25, 0.3) is 17.3 Å². The molecule has 0 bridgehead atoms. The molecule has 1 amide bonds. The largest absolute Gasteiger partial charge is 0.338 e. The van der Waals surface area contributed by atoms with Crippen molar-refractivity contribution in [2.75, 3.05) is 13.1 Å². The van der Waals surface area contributed by atoms with Gasteiger partial charge in [0.1, 0.15) is 10.7 Å². The van der Waals surface area contributed by atoms with Gasteiger partial charge in [-0.15, -0.1) is 11.3 Å². The summed E-state index contributed by atoms with van der Waals surface area (Å²) in [6, 6.07) is 19.1. The maximum atomic E-state index is 13.3. The number of hydrogen-bond donors (Lipinski definition) is 0. The van der Waals surface area contributed by atoms with Crippen molar-refractivity contribution in [3.8, 4) is 11.8 Å². The highest BCUT2D eigenvalue weighted by Gasteiger charge is 2.24. The molecule has 1 aliphatic heterocycles. The third-order valence-electron chi connectivity index (χ3n) is 5.11. The first-order chi connectivity index (χ1) is 14.6. The third-order valence-corrected chi connectivity index (χ3v) is 6.20. The van der Waals surface area contributed by atoms with Crippen LogP contribution in [0, 0.1) is 18.3 Å². The number of hydrogen-bond acceptors (Lipinski definition) is 4. The summed E-state index contributed by atoms with van der Waals surface area (Å²) in [4.78, 5) is 28.1. The van der Waals surface area contributed by atoms with Crippen LogP contribution >= 0.6 is 11.3 Å². The number of rotatable bonds is 3.